The topological polar surface area (TPSA) is 59.8 Å². The van der Waals surface area contributed by atoms with E-state index in [1.165, 1.54) is 12.1 Å². The highest BCUT2D eigenvalue weighted by atomic mass is 19.1. The number of benzene rings is 2. The SMILES string of the molecule is CCOC(=O)C1(c2ccccc2)CC[NH+](CC(=O)Nc2ccc(F)cc2)CC1. The lowest BCUT2D eigenvalue weighted by atomic mass is 9.72. The van der Waals surface area contributed by atoms with Crippen LogP contribution in [0.3, 0.4) is 0 Å². The van der Waals surface area contributed by atoms with E-state index in [9.17, 15) is 14.0 Å². The van der Waals surface area contributed by atoms with Gasteiger partial charge in [-0.15, -0.1) is 0 Å². The van der Waals surface area contributed by atoms with Gasteiger partial charge in [0, 0.05) is 18.5 Å². The molecule has 1 fully saturated rings. The molecule has 1 heterocycles. The van der Waals surface area contributed by atoms with Gasteiger partial charge in [0.15, 0.2) is 6.54 Å². The van der Waals surface area contributed by atoms with Crippen LogP contribution in [0.15, 0.2) is 54.6 Å². The van der Waals surface area contributed by atoms with Gasteiger partial charge in [-0.25, -0.2) is 4.39 Å². The zero-order valence-electron chi connectivity index (χ0n) is 16.0. The lowest BCUT2D eigenvalue weighted by Crippen LogP contribution is -3.14. The maximum absolute atomic E-state index is 13.0. The molecule has 1 aliphatic heterocycles. The number of piperidine rings is 1. The molecule has 3 rings (SSSR count). The Morgan fingerprint density at radius 1 is 1.07 bits per heavy atom. The average molecular weight is 385 g/mol. The van der Waals surface area contributed by atoms with Crippen molar-refractivity contribution in [3.8, 4) is 0 Å². The second kappa shape index (κ2) is 8.97. The molecule has 0 aromatic heterocycles. The van der Waals surface area contributed by atoms with Crippen molar-refractivity contribution >= 4 is 17.6 Å². The first-order chi connectivity index (χ1) is 13.5. The predicted molar refractivity (Wildman–Crippen MR) is 105 cm³/mol. The molecular weight excluding hydrogens is 359 g/mol. The Balaban J connectivity index is 1.63. The number of halogens is 1. The summed E-state index contributed by atoms with van der Waals surface area (Å²) in [5.41, 5.74) is 0.907. The van der Waals surface area contributed by atoms with Crippen LogP contribution in [0.5, 0.6) is 0 Å². The summed E-state index contributed by atoms with van der Waals surface area (Å²) in [5.74, 6) is -0.642. The molecule has 2 aromatic rings. The van der Waals surface area contributed by atoms with Crippen LogP contribution in [0.4, 0.5) is 10.1 Å². The van der Waals surface area contributed by atoms with Crippen molar-refractivity contribution < 1.29 is 23.6 Å². The van der Waals surface area contributed by atoms with Crippen LogP contribution >= 0.6 is 0 Å². The molecule has 1 aliphatic rings. The number of carbonyl (C=O) groups is 2. The summed E-state index contributed by atoms with van der Waals surface area (Å²) in [5, 5.41) is 2.79. The maximum Gasteiger partial charge on any atom is 0.317 e. The van der Waals surface area contributed by atoms with Crippen molar-refractivity contribution in [2.45, 2.75) is 25.2 Å². The van der Waals surface area contributed by atoms with E-state index in [4.69, 9.17) is 4.74 Å². The smallest absolute Gasteiger partial charge is 0.317 e. The molecule has 5 nitrogen and oxygen atoms in total. The molecule has 0 unspecified atom stereocenters. The molecule has 2 aromatic carbocycles. The van der Waals surface area contributed by atoms with Crippen LogP contribution in [0.2, 0.25) is 0 Å². The minimum absolute atomic E-state index is 0.120. The third kappa shape index (κ3) is 4.57. The van der Waals surface area contributed by atoms with E-state index in [0.29, 0.717) is 44.8 Å². The number of hydrogen-bond acceptors (Lipinski definition) is 3. The van der Waals surface area contributed by atoms with Crippen molar-refractivity contribution in [1.82, 2.24) is 0 Å². The summed E-state index contributed by atoms with van der Waals surface area (Å²) in [6, 6.07) is 15.5. The van der Waals surface area contributed by atoms with E-state index < -0.39 is 5.41 Å². The molecular formula is C22H26FN2O3+. The van der Waals surface area contributed by atoms with E-state index in [0.717, 1.165) is 10.5 Å². The van der Waals surface area contributed by atoms with Crippen LogP contribution in [0, 0.1) is 5.82 Å². The minimum atomic E-state index is -0.645. The molecule has 0 radical (unpaired) electrons. The molecule has 148 valence electrons. The largest absolute Gasteiger partial charge is 0.465 e. The van der Waals surface area contributed by atoms with Gasteiger partial charge in [-0.05, 0) is 36.8 Å². The lowest BCUT2D eigenvalue weighted by molar-refractivity contribution is -0.898. The molecule has 0 aliphatic carbocycles. The van der Waals surface area contributed by atoms with E-state index in [2.05, 4.69) is 5.32 Å². The van der Waals surface area contributed by atoms with Crippen LogP contribution in [-0.2, 0) is 19.7 Å². The maximum atomic E-state index is 13.0. The molecule has 28 heavy (non-hydrogen) atoms. The van der Waals surface area contributed by atoms with Gasteiger partial charge in [-0.2, -0.15) is 0 Å². The van der Waals surface area contributed by atoms with Gasteiger partial charge < -0.3 is 15.0 Å². The summed E-state index contributed by atoms with van der Waals surface area (Å²) >= 11 is 0. The first-order valence-electron chi connectivity index (χ1n) is 9.65. The molecule has 1 saturated heterocycles. The number of nitrogens with one attached hydrogen (secondary N) is 2. The van der Waals surface area contributed by atoms with Crippen molar-refractivity contribution in [3.63, 3.8) is 0 Å². The van der Waals surface area contributed by atoms with Gasteiger partial charge in [0.1, 0.15) is 11.2 Å². The fraction of sp³-hybridized carbons (Fsp3) is 0.364. The quantitative estimate of drug-likeness (QED) is 0.748. The Morgan fingerprint density at radius 2 is 1.71 bits per heavy atom. The number of rotatable bonds is 6. The van der Waals surface area contributed by atoms with E-state index in [1.54, 1.807) is 12.1 Å². The third-order valence-electron chi connectivity index (χ3n) is 5.34. The fourth-order valence-electron chi connectivity index (χ4n) is 3.81. The Bertz CT molecular complexity index is 800. The van der Waals surface area contributed by atoms with Crippen molar-refractivity contribution in [2.75, 3.05) is 31.6 Å². The number of amides is 1. The monoisotopic (exact) mass is 385 g/mol. The molecule has 2 N–H and O–H groups in total. The number of quaternary nitrogens is 1. The van der Waals surface area contributed by atoms with E-state index >= 15 is 0 Å². The second-order valence-electron chi connectivity index (χ2n) is 7.15. The number of carbonyl (C=O) groups excluding carboxylic acids is 2. The van der Waals surface area contributed by atoms with Crippen LogP contribution in [0.1, 0.15) is 25.3 Å². The zero-order chi connectivity index (χ0) is 20.0. The fourth-order valence-corrected chi connectivity index (χ4v) is 3.81. The number of ether oxygens (including phenoxy) is 1. The van der Waals surface area contributed by atoms with E-state index in [1.807, 2.05) is 37.3 Å². The van der Waals surface area contributed by atoms with Gasteiger partial charge >= 0.3 is 5.97 Å². The third-order valence-corrected chi connectivity index (χ3v) is 5.34. The summed E-state index contributed by atoms with van der Waals surface area (Å²) in [6.45, 7) is 3.88. The second-order valence-corrected chi connectivity index (χ2v) is 7.15. The number of hydrogen-bond donors (Lipinski definition) is 2. The Labute approximate surface area is 164 Å². The lowest BCUT2D eigenvalue weighted by Gasteiger charge is -2.38. The first kappa shape index (κ1) is 20.0. The van der Waals surface area contributed by atoms with Crippen molar-refractivity contribution in [1.29, 1.82) is 0 Å². The Morgan fingerprint density at radius 3 is 2.32 bits per heavy atom. The molecule has 0 saturated carbocycles. The minimum Gasteiger partial charge on any atom is -0.465 e. The Kier molecular flexibility index (Phi) is 6.41. The van der Waals surface area contributed by atoms with Gasteiger partial charge in [0.25, 0.3) is 5.91 Å². The van der Waals surface area contributed by atoms with Crippen LogP contribution in [-0.4, -0.2) is 38.1 Å². The molecule has 0 spiro atoms. The number of anilines is 1. The van der Waals surface area contributed by atoms with Crippen molar-refractivity contribution in [2.24, 2.45) is 0 Å². The molecule has 1 amide bonds. The Hall–Kier alpha value is -2.73. The number of esters is 1. The van der Waals surface area contributed by atoms with Gasteiger partial charge in [-0.1, -0.05) is 30.3 Å². The van der Waals surface area contributed by atoms with Gasteiger partial charge in [0.05, 0.1) is 19.7 Å². The highest BCUT2D eigenvalue weighted by Gasteiger charge is 2.46. The van der Waals surface area contributed by atoms with Crippen molar-refractivity contribution in [3.05, 3.63) is 66.0 Å². The molecule has 0 atom stereocenters. The van der Waals surface area contributed by atoms with E-state index in [-0.39, 0.29) is 17.7 Å². The van der Waals surface area contributed by atoms with Gasteiger partial charge in [-0.3, -0.25) is 9.59 Å². The molecule has 6 heteroatoms. The highest BCUT2D eigenvalue weighted by Crippen LogP contribution is 2.34. The summed E-state index contributed by atoms with van der Waals surface area (Å²) < 4.78 is 18.4. The number of likely N-dealkylation sites (tertiary alicyclic amines) is 1. The average Bonchev–Trinajstić information content (AvgIpc) is 2.71. The zero-order valence-corrected chi connectivity index (χ0v) is 16.0. The van der Waals surface area contributed by atoms with Gasteiger partial charge in [0.2, 0.25) is 0 Å². The summed E-state index contributed by atoms with van der Waals surface area (Å²) in [7, 11) is 0. The van der Waals surface area contributed by atoms with Crippen LogP contribution < -0.4 is 10.2 Å². The predicted octanol–water partition coefficient (Wildman–Crippen LogP) is 1.94. The molecule has 0 bridgehead atoms. The normalized spacial score (nSPS) is 21.7. The summed E-state index contributed by atoms with van der Waals surface area (Å²) in [6.07, 6.45) is 1.27. The standard InChI is InChI=1S/C22H25FN2O3/c1-2-28-21(27)22(17-6-4-3-5-7-17)12-14-25(15-13-22)16-20(26)24-19-10-8-18(23)9-11-19/h3-11H,2,12-16H2,1H3,(H,24,26)/p+1. The summed E-state index contributed by atoms with van der Waals surface area (Å²) in [4.78, 5) is 26.2. The van der Waals surface area contributed by atoms with Crippen LogP contribution in [0.25, 0.3) is 0 Å². The highest BCUT2D eigenvalue weighted by molar-refractivity contribution is 5.91. The first-order valence-corrected chi connectivity index (χ1v) is 9.65.